The summed E-state index contributed by atoms with van der Waals surface area (Å²) in [7, 11) is -4.67. The SMILES string of the molecule is CCCCCCCCCCCCCC.O=S(=O)(O)O.OCCOCCOCCO.[H-].[Na+]. The first-order valence-corrected chi connectivity index (χ1v) is 12.3. The second-order valence-corrected chi connectivity index (χ2v) is 7.55. The molecule has 0 saturated carbocycles. The molecule has 0 spiro atoms. The summed E-state index contributed by atoms with van der Waals surface area (Å²) in [6.45, 7) is 6.30. The summed E-state index contributed by atoms with van der Waals surface area (Å²) in [5, 5.41) is 16.5. The smallest absolute Gasteiger partial charge is 1.00 e. The predicted molar refractivity (Wildman–Crippen MR) is 118 cm³/mol. The third-order valence-corrected chi connectivity index (χ3v) is 3.80. The molecule has 0 saturated heterocycles. The van der Waals surface area contributed by atoms with Gasteiger partial charge < -0.3 is 21.1 Å². The number of aliphatic hydroxyl groups is 2. The number of hydrogen-bond donors (Lipinski definition) is 4. The van der Waals surface area contributed by atoms with Crippen LogP contribution in [0, 0.1) is 0 Å². The maximum atomic E-state index is 8.74. The molecule has 0 aliphatic heterocycles. The van der Waals surface area contributed by atoms with E-state index in [2.05, 4.69) is 13.8 Å². The molecule has 0 aliphatic rings. The zero-order valence-electron chi connectivity index (χ0n) is 20.6. The van der Waals surface area contributed by atoms with Crippen molar-refractivity contribution in [2.45, 2.75) is 90.9 Å². The fraction of sp³-hybridized carbons (Fsp3) is 1.00. The van der Waals surface area contributed by atoms with Crippen LogP contribution in [-0.4, -0.2) is 67.4 Å². The normalized spacial score (nSPS) is 10.3. The Labute approximate surface area is 208 Å². The van der Waals surface area contributed by atoms with E-state index in [1.165, 1.54) is 77.0 Å². The molecular weight excluding hydrogens is 423 g/mol. The number of hydrogen-bond acceptors (Lipinski definition) is 6. The van der Waals surface area contributed by atoms with Gasteiger partial charge in [0.2, 0.25) is 0 Å². The van der Waals surface area contributed by atoms with Crippen LogP contribution in [0.15, 0.2) is 0 Å². The number of rotatable bonds is 18. The minimum atomic E-state index is -4.67. The van der Waals surface area contributed by atoms with Gasteiger partial charge in [-0.05, 0) is 0 Å². The zero-order chi connectivity index (χ0) is 22.6. The molecule has 0 unspecified atom stereocenters. The van der Waals surface area contributed by atoms with Crippen molar-refractivity contribution in [1.82, 2.24) is 0 Å². The molecule has 8 nitrogen and oxygen atoms in total. The number of unbranched alkanes of at least 4 members (excludes halogenated alkanes) is 11. The molecule has 0 aromatic carbocycles. The van der Waals surface area contributed by atoms with Gasteiger partial charge in [0, 0.05) is 0 Å². The van der Waals surface area contributed by atoms with Gasteiger partial charge in [0.05, 0.1) is 39.6 Å². The van der Waals surface area contributed by atoms with E-state index in [4.69, 9.17) is 37.2 Å². The van der Waals surface area contributed by atoms with Crippen molar-refractivity contribution in [2.75, 3.05) is 39.6 Å². The average molecular weight is 471 g/mol. The van der Waals surface area contributed by atoms with Crippen LogP contribution in [0.3, 0.4) is 0 Å². The minimum absolute atomic E-state index is 0. The zero-order valence-corrected chi connectivity index (χ0v) is 22.4. The van der Waals surface area contributed by atoms with E-state index in [0.29, 0.717) is 26.4 Å². The first-order valence-electron chi connectivity index (χ1n) is 10.9. The molecule has 0 fully saturated rings. The summed E-state index contributed by atoms with van der Waals surface area (Å²) in [4.78, 5) is 0. The second kappa shape index (κ2) is 34.3. The van der Waals surface area contributed by atoms with Gasteiger partial charge in [-0.3, -0.25) is 9.11 Å². The van der Waals surface area contributed by atoms with E-state index in [1.807, 2.05) is 0 Å². The summed E-state index contributed by atoms with van der Waals surface area (Å²) in [6, 6.07) is 0. The molecule has 0 radical (unpaired) electrons. The Bertz CT molecular complexity index is 348. The van der Waals surface area contributed by atoms with Crippen molar-refractivity contribution in [3.05, 3.63) is 0 Å². The van der Waals surface area contributed by atoms with Crippen molar-refractivity contribution in [3.8, 4) is 0 Å². The third-order valence-electron chi connectivity index (χ3n) is 3.80. The summed E-state index contributed by atoms with van der Waals surface area (Å²) < 4.78 is 41.3. The molecule has 0 bridgehead atoms. The van der Waals surface area contributed by atoms with Crippen LogP contribution in [0.2, 0.25) is 0 Å². The van der Waals surface area contributed by atoms with E-state index in [9.17, 15) is 0 Å². The van der Waals surface area contributed by atoms with E-state index < -0.39 is 10.4 Å². The van der Waals surface area contributed by atoms with Crippen molar-refractivity contribution < 1.29 is 68.2 Å². The monoisotopic (exact) mass is 470 g/mol. The van der Waals surface area contributed by atoms with Crippen LogP contribution in [0.1, 0.15) is 92.3 Å². The minimum Gasteiger partial charge on any atom is -1.00 e. The number of aliphatic hydroxyl groups excluding tert-OH is 2. The predicted octanol–water partition coefficient (Wildman–Crippen LogP) is 1.18. The molecule has 0 aliphatic carbocycles. The molecule has 0 rings (SSSR count). The fourth-order valence-electron chi connectivity index (χ4n) is 2.37. The maximum Gasteiger partial charge on any atom is 1.00 e. The second-order valence-electron chi connectivity index (χ2n) is 6.66. The van der Waals surface area contributed by atoms with Crippen molar-refractivity contribution >= 4 is 10.4 Å². The van der Waals surface area contributed by atoms with Gasteiger partial charge in [-0.1, -0.05) is 90.9 Å². The topological polar surface area (TPSA) is 134 Å². The Balaban J connectivity index is -0.000000117. The first kappa shape index (κ1) is 38.0. The molecule has 0 heterocycles. The summed E-state index contributed by atoms with van der Waals surface area (Å²) >= 11 is 0. The Morgan fingerprint density at radius 3 is 1.03 bits per heavy atom. The Morgan fingerprint density at radius 2 is 0.833 bits per heavy atom. The van der Waals surface area contributed by atoms with Gasteiger partial charge in [-0.15, -0.1) is 0 Å². The molecule has 10 heteroatoms. The van der Waals surface area contributed by atoms with Gasteiger partial charge in [0.25, 0.3) is 0 Å². The van der Waals surface area contributed by atoms with Crippen LogP contribution in [0.5, 0.6) is 0 Å². The number of ether oxygens (including phenoxy) is 2. The molecule has 0 atom stereocenters. The molecule has 182 valence electrons. The van der Waals surface area contributed by atoms with Gasteiger partial charge in [-0.2, -0.15) is 8.42 Å². The Hall–Kier alpha value is 0.710. The van der Waals surface area contributed by atoms with Gasteiger partial charge in [0.15, 0.2) is 0 Å². The molecule has 0 aromatic rings. The van der Waals surface area contributed by atoms with Crippen LogP contribution in [0.4, 0.5) is 0 Å². The maximum absolute atomic E-state index is 8.74. The molecule has 0 aromatic heterocycles. The fourth-order valence-corrected chi connectivity index (χ4v) is 2.37. The first-order chi connectivity index (χ1) is 13.8. The van der Waals surface area contributed by atoms with Crippen LogP contribution in [0.25, 0.3) is 0 Å². The summed E-state index contributed by atoms with van der Waals surface area (Å²) in [5.41, 5.74) is 0. The van der Waals surface area contributed by atoms with Crippen molar-refractivity contribution in [1.29, 1.82) is 0 Å². The van der Waals surface area contributed by atoms with Crippen molar-refractivity contribution in [2.24, 2.45) is 0 Å². The summed E-state index contributed by atoms with van der Waals surface area (Å²) in [6.07, 6.45) is 17.4. The van der Waals surface area contributed by atoms with Crippen LogP contribution < -0.4 is 29.6 Å². The molecule has 30 heavy (non-hydrogen) atoms. The molecule has 4 N–H and O–H groups in total. The molecular formula is C20H47NaO8S. The standard InChI is InChI=1S/C14H30.C6H14O4.Na.H2O4S.H/c1-3-5-7-9-11-13-14-12-10-8-6-4-2;7-1-3-9-5-6-10-4-2-8;;1-5(2,3)4;/h3-14H2,1-2H3;7-8H,1-6H2;;(H2,1,2,3,4);/q;;+1;;-1. The largest absolute Gasteiger partial charge is 1.00 e. The van der Waals surface area contributed by atoms with Gasteiger partial charge in [0.1, 0.15) is 0 Å². The van der Waals surface area contributed by atoms with Gasteiger partial charge >= 0.3 is 40.0 Å². The quantitative estimate of drug-likeness (QED) is 0.133. The van der Waals surface area contributed by atoms with E-state index >= 15 is 0 Å². The van der Waals surface area contributed by atoms with Gasteiger partial charge in [-0.25, -0.2) is 0 Å². The Morgan fingerprint density at radius 1 is 0.600 bits per heavy atom. The van der Waals surface area contributed by atoms with E-state index in [1.54, 1.807) is 0 Å². The third kappa shape index (κ3) is 63.0. The van der Waals surface area contributed by atoms with Crippen LogP contribution in [-0.2, 0) is 19.9 Å². The van der Waals surface area contributed by atoms with E-state index in [0.717, 1.165) is 0 Å². The summed E-state index contributed by atoms with van der Waals surface area (Å²) in [5.74, 6) is 0. The molecule has 0 amide bonds. The average Bonchev–Trinajstić information content (AvgIpc) is 2.65. The Kier molecular flexibility index (Phi) is 43.5. The van der Waals surface area contributed by atoms with E-state index in [-0.39, 0.29) is 44.2 Å². The van der Waals surface area contributed by atoms with Crippen molar-refractivity contribution in [3.63, 3.8) is 0 Å². The van der Waals surface area contributed by atoms with Crippen LogP contribution >= 0.6 is 0 Å².